The predicted octanol–water partition coefficient (Wildman–Crippen LogP) is 4.53. The Labute approximate surface area is 226 Å². The predicted molar refractivity (Wildman–Crippen MR) is 142 cm³/mol. The average Bonchev–Trinajstić information content (AvgIpc) is 3.34. The Kier molecular flexibility index (Phi) is 8.23. The zero-order chi connectivity index (χ0) is 28.2. The molecule has 4 rings (SSSR count). The lowest BCUT2D eigenvalue weighted by Crippen LogP contribution is -2.44. The first kappa shape index (κ1) is 27.7. The van der Waals surface area contributed by atoms with Crippen LogP contribution in [-0.4, -0.2) is 66.4 Å². The molecule has 1 fully saturated rings. The molecule has 2 atom stereocenters. The van der Waals surface area contributed by atoms with E-state index in [0.29, 0.717) is 22.4 Å². The number of methoxy groups -OCH3 is 2. The zero-order valence-corrected chi connectivity index (χ0v) is 22.6. The minimum Gasteiger partial charge on any atom is -0.497 e. The molecule has 206 valence electrons. The zero-order valence-electron chi connectivity index (χ0n) is 22.6. The molecule has 1 aliphatic rings. The smallest absolute Gasteiger partial charge is 0.411 e. The number of carbonyl (C=O) groups excluding carboxylic acids is 3. The van der Waals surface area contributed by atoms with Crippen LogP contribution in [0, 0.1) is 0 Å². The maximum Gasteiger partial charge on any atom is 0.411 e. The Bertz CT molecular complexity index is 1350. The maximum atomic E-state index is 13.2. The van der Waals surface area contributed by atoms with Crippen molar-refractivity contribution < 1.29 is 38.1 Å². The second kappa shape index (κ2) is 11.6. The Morgan fingerprint density at radius 3 is 2.44 bits per heavy atom. The van der Waals surface area contributed by atoms with Crippen LogP contribution in [0.4, 0.5) is 4.79 Å². The number of fused-ring (bicyclic) bond motifs is 1. The molecule has 1 aromatic heterocycles. The molecule has 0 spiro atoms. The van der Waals surface area contributed by atoms with Crippen molar-refractivity contribution in [2.75, 3.05) is 20.8 Å². The van der Waals surface area contributed by atoms with E-state index in [4.69, 9.17) is 23.7 Å². The third-order valence-corrected chi connectivity index (χ3v) is 6.05. The first-order chi connectivity index (χ1) is 18.6. The summed E-state index contributed by atoms with van der Waals surface area (Å²) >= 11 is 0. The van der Waals surface area contributed by atoms with Crippen molar-refractivity contribution >= 4 is 28.9 Å². The Morgan fingerprint density at radius 2 is 1.77 bits per heavy atom. The summed E-state index contributed by atoms with van der Waals surface area (Å²) in [7, 11) is 2.80. The molecule has 1 saturated heterocycles. The van der Waals surface area contributed by atoms with E-state index in [9.17, 15) is 14.4 Å². The van der Waals surface area contributed by atoms with Gasteiger partial charge in [0.1, 0.15) is 35.9 Å². The quantitative estimate of drug-likeness (QED) is 0.317. The Hall–Kier alpha value is -4.34. The van der Waals surface area contributed by atoms with E-state index in [2.05, 4.69) is 4.98 Å². The van der Waals surface area contributed by atoms with Crippen molar-refractivity contribution in [3.05, 3.63) is 65.9 Å². The molecular weight excluding hydrogens is 504 g/mol. The van der Waals surface area contributed by atoms with Crippen LogP contribution >= 0.6 is 0 Å². The molecule has 2 heterocycles. The van der Waals surface area contributed by atoms with Crippen molar-refractivity contribution in [2.24, 2.45) is 0 Å². The summed E-state index contributed by atoms with van der Waals surface area (Å²) in [6, 6.07) is 15.0. The summed E-state index contributed by atoms with van der Waals surface area (Å²) in [5.74, 6) is -0.277. The van der Waals surface area contributed by atoms with Gasteiger partial charge in [0, 0.05) is 23.9 Å². The molecule has 0 bridgehead atoms. The highest BCUT2D eigenvalue weighted by Gasteiger charge is 2.43. The van der Waals surface area contributed by atoms with Gasteiger partial charge in [-0.2, -0.15) is 0 Å². The summed E-state index contributed by atoms with van der Waals surface area (Å²) in [4.78, 5) is 44.2. The van der Waals surface area contributed by atoms with Crippen LogP contribution in [0.1, 0.15) is 43.2 Å². The number of likely N-dealkylation sites (tertiary alicyclic amines) is 1. The number of carbonyl (C=O) groups is 3. The van der Waals surface area contributed by atoms with Gasteiger partial charge in [-0.15, -0.1) is 0 Å². The number of pyridine rings is 1. The maximum absolute atomic E-state index is 13.2. The van der Waals surface area contributed by atoms with Gasteiger partial charge in [-0.1, -0.05) is 30.3 Å². The van der Waals surface area contributed by atoms with Gasteiger partial charge in [-0.05, 0) is 38.5 Å². The fraction of sp³-hybridized carbons (Fsp3) is 0.379. The van der Waals surface area contributed by atoms with Gasteiger partial charge < -0.3 is 23.7 Å². The van der Waals surface area contributed by atoms with E-state index in [0.717, 1.165) is 5.56 Å². The van der Waals surface area contributed by atoms with Crippen molar-refractivity contribution in [3.63, 3.8) is 0 Å². The van der Waals surface area contributed by atoms with Gasteiger partial charge in [0.05, 0.1) is 26.3 Å². The molecule has 10 nitrogen and oxygen atoms in total. The number of hydrogen-bond donors (Lipinski definition) is 0. The second-order valence-corrected chi connectivity index (χ2v) is 10.1. The molecule has 2 aromatic carbocycles. The summed E-state index contributed by atoms with van der Waals surface area (Å²) < 4.78 is 27.6. The van der Waals surface area contributed by atoms with Crippen LogP contribution in [0.25, 0.3) is 10.9 Å². The molecular formula is C29H32N2O8. The van der Waals surface area contributed by atoms with Gasteiger partial charge in [0.2, 0.25) is 0 Å². The van der Waals surface area contributed by atoms with E-state index in [1.807, 2.05) is 30.3 Å². The lowest BCUT2D eigenvalue weighted by atomic mass is 10.1. The van der Waals surface area contributed by atoms with Gasteiger partial charge in [-0.25, -0.2) is 19.4 Å². The molecule has 39 heavy (non-hydrogen) atoms. The average molecular weight is 537 g/mol. The minimum atomic E-state index is -0.915. The molecule has 10 heteroatoms. The molecule has 0 aliphatic carbocycles. The molecule has 3 aromatic rings. The third kappa shape index (κ3) is 6.76. The van der Waals surface area contributed by atoms with E-state index in [-0.39, 0.29) is 25.3 Å². The number of hydrogen-bond acceptors (Lipinski definition) is 9. The number of rotatable bonds is 7. The first-order valence-electron chi connectivity index (χ1n) is 12.5. The number of ether oxygens (including phenoxy) is 5. The minimum absolute atomic E-state index is 0.0501. The van der Waals surface area contributed by atoms with Gasteiger partial charge in [0.15, 0.2) is 5.69 Å². The van der Waals surface area contributed by atoms with E-state index in [1.54, 1.807) is 39.0 Å². The number of aromatic nitrogens is 1. The van der Waals surface area contributed by atoms with Gasteiger partial charge in [-0.3, -0.25) is 4.90 Å². The largest absolute Gasteiger partial charge is 0.497 e. The molecule has 0 radical (unpaired) electrons. The van der Waals surface area contributed by atoms with Crippen molar-refractivity contribution in [1.82, 2.24) is 9.88 Å². The Balaban J connectivity index is 1.60. The van der Waals surface area contributed by atoms with Gasteiger partial charge in [0.25, 0.3) is 0 Å². The SMILES string of the molecule is COC(=O)c1cc(O[C@@H]2C[C@@H](C(=O)OCc3ccccc3)N(C(=O)OC(C)(C)C)C2)c2ccc(OC)cc2n1. The fourth-order valence-electron chi connectivity index (χ4n) is 4.24. The number of benzene rings is 2. The number of esters is 2. The van der Waals surface area contributed by atoms with Crippen LogP contribution in [0.5, 0.6) is 11.5 Å². The van der Waals surface area contributed by atoms with Crippen LogP contribution < -0.4 is 9.47 Å². The fourth-order valence-corrected chi connectivity index (χ4v) is 4.24. The van der Waals surface area contributed by atoms with E-state index < -0.39 is 35.8 Å². The summed E-state index contributed by atoms with van der Waals surface area (Å²) in [6.45, 7) is 5.41. The third-order valence-electron chi connectivity index (χ3n) is 6.05. The molecule has 0 saturated carbocycles. The number of amides is 1. The molecule has 1 aliphatic heterocycles. The van der Waals surface area contributed by atoms with Gasteiger partial charge >= 0.3 is 18.0 Å². The van der Waals surface area contributed by atoms with Crippen LogP contribution in [0.2, 0.25) is 0 Å². The van der Waals surface area contributed by atoms with Crippen LogP contribution in [0.15, 0.2) is 54.6 Å². The second-order valence-electron chi connectivity index (χ2n) is 10.1. The van der Waals surface area contributed by atoms with E-state index >= 15 is 0 Å². The Morgan fingerprint density at radius 1 is 1.03 bits per heavy atom. The van der Waals surface area contributed by atoms with Crippen molar-refractivity contribution in [1.29, 1.82) is 0 Å². The van der Waals surface area contributed by atoms with Crippen molar-refractivity contribution in [3.8, 4) is 11.5 Å². The van der Waals surface area contributed by atoms with E-state index in [1.165, 1.54) is 25.2 Å². The molecule has 0 unspecified atom stereocenters. The highest BCUT2D eigenvalue weighted by atomic mass is 16.6. The first-order valence-corrected chi connectivity index (χ1v) is 12.5. The monoisotopic (exact) mass is 536 g/mol. The molecule has 0 N–H and O–H groups in total. The summed E-state index contributed by atoms with van der Waals surface area (Å²) in [5.41, 5.74) is 0.584. The summed E-state index contributed by atoms with van der Waals surface area (Å²) in [5, 5.41) is 0.627. The normalized spacial score (nSPS) is 17.0. The van der Waals surface area contributed by atoms with Crippen LogP contribution in [0.3, 0.4) is 0 Å². The highest BCUT2D eigenvalue weighted by Crippen LogP contribution is 2.32. The standard InChI is InChI=1S/C29H32N2O8/c1-29(2,3)39-28(34)31-16-20(14-24(31)27(33)37-17-18-9-7-6-8-10-18)38-25-15-23(26(32)36-5)30-22-13-19(35-4)11-12-21(22)25/h6-13,15,20,24H,14,16-17H2,1-5H3/t20-,24+/m1/s1. The number of nitrogens with zero attached hydrogens (tertiary/aromatic N) is 2. The van der Waals surface area contributed by atoms with Crippen molar-refractivity contribution in [2.45, 2.75) is 51.5 Å². The lowest BCUT2D eigenvalue weighted by Gasteiger charge is -2.27. The highest BCUT2D eigenvalue weighted by molar-refractivity contribution is 5.94. The molecule has 1 amide bonds. The lowest BCUT2D eigenvalue weighted by molar-refractivity contribution is -0.150. The summed E-state index contributed by atoms with van der Waals surface area (Å²) in [6.07, 6.45) is -1.07. The topological polar surface area (TPSA) is 113 Å². The van der Waals surface area contributed by atoms with Crippen LogP contribution in [-0.2, 0) is 25.6 Å².